The van der Waals surface area contributed by atoms with Crippen LogP contribution >= 0.6 is 22.6 Å². The van der Waals surface area contributed by atoms with E-state index >= 15 is 0 Å². The van der Waals surface area contributed by atoms with Crippen molar-refractivity contribution < 1.29 is 4.79 Å². The summed E-state index contributed by atoms with van der Waals surface area (Å²) >= 11 is 2.35. The van der Waals surface area contributed by atoms with Crippen LogP contribution in [0.15, 0.2) is 12.7 Å². The van der Waals surface area contributed by atoms with Crippen molar-refractivity contribution in [3.05, 3.63) is 12.7 Å². The van der Waals surface area contributed by atoms with Crippen LogP contribution in [0.25, 0.3) is 0 Å². The summed E-state index contributed by atoms with van der Waals surface area (Å²) in [5.41, 5.74) is 0. The first-order valence-electron chi connectivity index (χ1n) is 3.52. The average Bonchev–Trinajstić information content (AvgIpc) is 1.98. The number of unbranched alkanes of at least 4 members (excludes halogenated alkanes) is 2. The van der Waals surface area contributed by atoms with E-state index in [2.05, 4.69) is 29.2 Å². The van der Waals surface area contributed by atoms with Crippen molar-refractivity contribution in [1.82, 2.24) is 0 Å². The van der Waals surface area contributed by atoms with Gasteiger partial charge in [0.15, 0.2) is 5.78 Å². The third-order valence-corrected chi connectivity index (χ3v) is 2.05. The highest BCUT2D eigenvalue weighted by atomic mass is 127. The minimum Gasteiger partial charge on any atom is -0.295 e. The lowest BCUT2D eigenvalue weighted by Gasteiger charge is -1.93. The van der Waals surface area contributed by atoms with E-state index in [0.717, 1.165) is 6.42 Å². The van der Waals surface area contributed by atoms with Gasteiger partial charge in [0.25, 0.3) is 0 Å². The fraction of sp³-hybridized carbons (Fsp3) is 0.625. The van der Waals surface area contributed by atoms with Gasteiger partial charge in [0.05, 0.1) is 0 Å². The first-order chi connectivity index (χ1) is 4.81. The number of halogens is 1. The molecule has 0 radical (unpaired) electrons. The lowest BCUT2D eigenvalue weighted by molar-refractivity contribution is -0.114. The Morgan fingerprint density at radius 1 is 1.40 bits per heavy atom. The van der Waals surface area contributed by atoms with Gasteiger partial charge in [-0.2, -0.15) is 0 Å². The third-order valence-electron chi connectivity index (χ3n) is 1.28. The van der Waals surface area contributed by atoms with E-state index in [9.17, 15) is 4.79 Å². The second-order valence-corrected chi connectivity index (χ2v) is 3.25. The zero-order valence-electron chi connectivity index (χ0n) is 6.11. The van der Waals surface area contributed by atoms with Crippen LogP contribution in [-0.2, 0) is 4.79 Å². The van der Waals surface area contributed by atoms with Crippen LogP contribution in [0.1, 0.15) is 25.7 Å². The molecule has 0 heterocycles. The van der Waals surface area contributed by atoms with Gasteiger partial charge in [-0.1, -0.05) is 35.6 Å². The number of alkyl halides is 1. The van der Waals surface area contributed by atoms with Crippen molar-refractivity contribution in [2.75, 3.05) is 4.43 Å². The van der Waals surface area contributed by atoms with E-state index in [1.807, 2.05) is 0 Å². The maximum atomic E-state index is 10.7. The molecule has 0 unspecified atom stereocenters. The predicted octanol–water partition coefficient (Wildman–Crippen LogP) is 2.74. The fourth-order valence-corrected chi connectivity index (χ4v) is 1.21. The Labute approximate surface area is 76.0 Å². The van der Waals surface area contributed by atoms with Gasteiger partial charge < -0.3 is 0 Å². The Bertz CT molecular complexity index is 110. The molecule has 0 aliphatic carbocycles. The minimum atomic E-state index is 0.174. The summed E-state index contributed by atoms with van der Waals surface area (Å²) in [6.07, 6.45) is 5.51. The molecule has 0 aliphatic rings. The van der Waals surface area contributed by atoms with Gasteiger partial charge in [0, 0.05) is 6.42 Å². The summed E-state index contributed by atoms with van der Waals surface area (Å²) < 4.78 is 1.19. The normalized spacial score (nSPS) is 9.30. The molecule has 0 saturated carbocycles. The quantitative estimate of drug-likeness (QED) is 0.307. The molecule has 2 heteroatoms. The molecule has 0 rings (SSSR count). The molecule has 0 aromatic heterocycles. The van der Waals surface area contributed by atoms with Gasteiger partial charge in [0.2, 0.25) is 0 Å². The van der Waals surface area contributed by atoms with Gasteiger partial charge in [-0.25, -0.2) is 0 Å². The second kappa shape index (κ2) is 7.25. The van der Waals surface area contributed by atoms with Crippen LogP contribution < -0.4 is 0 Å². The molecule has 0 spiro atoms. The topological polar surface area (TPSA) is 17.1 Å². The summed E-state index contributed by atoms with van der Waals surface area (Å²) in [6, 6.07) is 0. The molecule has 1 nitrogen and oxygen atoms in total. The maximum absolute atomic E-state index is 10.7. The number of carbonyl (C=O) groups excluding carboxylic acids is 1. The van der Waals surface area contributed by atoms with Gasteiger partial charge in [0.1, 0.15) is 0 Å². The smallest absolute Gasteiger partial charge is 0.155 e. The molecular weight excluding hydrogens is 239 g/mol. The van der Waals surface area contributed by atoms with Crippen molar-refractivity contribution in [2.45, 2.75) is 25.7 Å². The van der Waals surface area contributed by atoms with Crippen LogP contribution in [0.2, 0.25) is 0 Å². The molecule has 10 heavy (non-hydrogen) atoms. The molecule has 0 N–H and O–H groups in total. The highest BCUT2D eigenvalue weighted by Crippen LogP contribution is 2.02. The molecule has 0 saturated heterocycles. The Morgan fingerprint density at radius 2 is 2.10 bits per heavy atom. The lowest BCUT2D eigenvalue weighted by atomic mass is 10.1. The van der Waals surface area contributed by atoms with Crippen molar-refractivity contribution in [3.63, 3.8) is 0 Å². The summed E-state index contributed by atoms with van der Waals surface area (Å²) in [5.74, 6) is 0.174. The SMILES string of the molecule is C=CC(=O)CCCCCI. The molecule has 0 fully saturated rings. The van der Waals surface area contributed by atoms with Crippen molar-refractivity contribution in [2.24, 2.45) is 0 Å². The molecule has 0 amide bonds. The summed E-state index contributed by atoms with van der Waals surface area (Å²) in [4.78, 5) is 10.7. The largest absolute Gasteiger partial charge is 0.295 e. The van der Waals surface area contributed by atoms with Gasteiger partial charge in [-0.05, 0) is 23.3 Å². The van der Waals surface area contributed by atoms with Crippen molar-refractivity contribution in [3.8, 4) is 0 Å². The Morgan fingerprint density at radius 3 is 2.60 bits per heavy atom. The number of hydrogen-bond donors (Lipinski definition) is 0. The molecule has 0 bridgehead atoms. The zero-order chi connectivity index (χ0) is 7.82. The van der Waals surface area contributed by atoms with Gasteiger partial charge >= 0.3 is 0 Å². The number of ketones is 1. The van der Waals surface area contributed by atoms with E-state index in [4.69, 9.17) is 0 Å². The Kier molecular flexibility index (Phi) is 7.35. The highest BCUT2D eigenvalue weighted by Gasteiger charge is 1.93. The summed E-state index contributed by atoms with van der Waals surface area (Å²) in [7, 11) is 0. The lowest BCUT2D eigenvalue weighted by Crippen LogP contribution is -1.90. The fourth-order valence-electron chi connectivity index (χ4n) is 0.673. The van der Waals surface area contributed by atoms with Crippen LogP contribution in [0.5, 0.6) is 0 Å². The van der Waals surface area contributed by atoms with Crippen molar-refractivity contribution in [1.29, 1.82) is 0 Å². The van der Waals surface area contributed by atoms with E-state index in [0.29, 0.717) is 6.42 Å². The standard InChI is InChI=1S/C8H13IO/c1-2-8(10)6-4-3-5-7-9/h2H,1,3-7H2. The molecular formula is C8H13IO. The van der Waals surface area contributed by atoms with E-state index in [-0.39, 0.29) is 5.78 Å². The number of allylic oxidation sites excluding steroid dienone is 1. The number of carbonyl (C=O) groups is 1. The second-order valence-electron chi connectivity index (χ2n) is 2.17. The maximum Gasteiger partial charge on any atom is 0.155 e. The van der Waals surface area contributed by atoms with Crippen molar-refractivity contribution >= 4 is 28.4 Å². The van der Waals surface area contributed by atoms with Gasteiger partial charge in [-0.3, -0.25) is 4.79 Å². The minimum absolute atomic E-state index is 0.174. The summed E-state index contributed by atoms with van der Waals surface area (Å²) in [5, 5.41) is 0. The highest BCUT2D eigenvalue weighted by molar-refractivity contribution is 14.1. The molecule has 0 aromatic carbocycles. The van der Waals surface area contributed by atoms with Crippen LogP contribution in [-0.4, -0.2) is 10.2 Å². The first-order valence-corrected chi connectivity index (χ1v) is 5.05. The van der Waals surface area contributed by atoms with Crippen LogP contribution in [0.3, 0.4) is 0 Å². The summed E-state index contributed by atoms with van der Waals surface area (Å²) in [6.45, 7) is 3.41. The zero-order valence-corrected chi connectivity index (χ0v) is 8.26. The van der Waals surface area contributed by atoms with E-state index < -0.39 is 0 Å². The molecule has 0 atom stereocenters. The molecule has 0 aromatic rings. The molecule has 0 aliphatic heterocycles. The van der Waals surface area contributed by atoms with E-state index in [1.54, 1.807) is 0 Å². The first kappa shape index (κ1) is 10.1. The Hall–Kier alpha value is 0.140. The van der Waals surface area contributed by atoms with Gasteiger partial charge in [-0.15, -0.1) is 0 Å². The number of hydrogen-bond acceptors (Lipinski definition) is 1. The Balaban J connectivity index is 3.03. The monoisotopic (exact) mass is 252 g/mol. The number of rotatable bonds is 6. The van der Waals surface area contributed by atoms with Crippen LogP contribution in [0.4, 0.5) is 0 Å². The molecule has 58 valence electrons. The third kappa shape index (κ3) is 6.26. The van der Waals surface area contributed by atoms with E-state index in [1.165, 1.54) is 23.3 Å². The average molecular weight is 252 g/mol. The van der Waals surface area contributed by atoms with Crippen LogP contribution in [0, 0.1) is 0 Å². The predicted molar refractivity (Wildman–Crippen MR) is 52.6 cm³/mol.